The van der Waals surface area contributed by atoms with Crippen LogP contribution in [0, 0.1) is 0 Å². The van der Waals surface area contributed by atoms with Gasteiger partial charge in [0, 0.05) is 40.8 Å². The zero-order valence-electron chi connectivity index (χ0n) is 10.8. The van der Waals surface area contributed by atoms with Crippen molar-refractivity contribution in [1.29, 1.82) is 0 Å². The molecule has 0 aliphatic carbocycles. The first-order valence-electron chi connectivity index (χ1n) is 6.22. The minimum absolute atomic E-state index is 0.118. The molecule has 3 nitrogen and oxygen atoms in total. The van der Waals surface area contributed by atoms with Gasteiger partial charge in [0.1, 0.15) is 0 Å². The smallest absolute Gasteiger partial charge is 0.220 e. The highest BCUT2D eigenvalue weighted by molar-refractivity contribution is 7.98. The van der Waals surface area contributed by atoms with Crippen LogP contribution in [0.4, 0.5) is 0 Å². The summed E-state index contributed by atoms with van der Waals surface area (Å²) in [6, 6.07) is 5.80. The molecule has 0 saturated heterocycles. The van der Waals surface area contributed by atoms with E-state index in [9.17, 15) is 4.79 Å². The molecule has 0 bridgehead atoms. The molecule has 102 valence electrons. The molecule has 2 rings (SSSR count). The maximum atomic E-state index is 11.5. The van der Waals surface area contributed by atoms with Gasteiger partial charge in [-0.2, -0.15) is 11.8 Å². The number of rotatable bonds is 6. The predicted octanol–water partition coefficient (Wildman–Crippen LogP) is 3.23. The Balaban J connectivity index is 1.91. The molecule has 0 unspecified atom stereocenters. The van der Waals surface area contributed by atoms with Crippen LogP contribution in [0.5, 0.6) is 0 Å². The average molecular weight is 297 g/mol. The summed E-state index contributed by atoms with van der Waals surface area (Å²) in [5, 5.41) is 4.80. The number of fused-ring (bicyclic) bond motifs is 1. The summed E-state index contributed by atoms with van der Waals surface area (Å²) in [7, 11) is 0. The number of nitrogens with one attached hydrogen (secondary N) is 2. The Bertz CT molecular complexity index is 568. The lowest BCUT2D eigenvalue weighted by Crippen LogP contribution is -2.25. The van der Waals surface area contributed by atoms with Crippen molar-refractivity contribution in [3.63, 3.8) is 0 Å². The van der Waals surface area contributed by atoms with Gasteiger partial charge in [-0.15, -0.1) is 0 Å². The van der Waals surface area contributed by atoms with Gasteiger partial charge in [-0.25, -0.2) is 0 Å². The van der Waals surface area contributed by atoms with Crippen molar-refractivity contribution in [3.8, 4) is 0 Å². The van der Waals surface area contributed by atoms with Crippen LogP contribution in [0.25, 0.3) is 10.9 Å². The number of amides is 1. The lowest BCUT2D eigenvalue weighted by Gasteiger charge is -2.04. The van der Waals surface area contributed by atoms with E-state index < -0.39 is 0 Å². The highest BCUT2D eigenvalue weighted by Crippen LogP contribution is 2.22. The van der Waals surface area contributed by atoms with Gasteiger partial charge in [0.15, 0.2) is 0 Å². The number of aromatic nitrogens is 1. The third-order valence-corrected chi connectivity index (χ3v) is 3.83. The predicted molar refractivity (Wildman–Crippen MR) is 83.0 cm³/mol. The molecule has 0 spiro atoms. The molecule has 19 heavy (non-hydrogen) atoms. The van der Waals surface area contributed by atoms with E-state index >= 15 is 0 Å². The van der Waals surface area contributed by atoms with E-state index in [2.05, 4.69) is 10.3 Å². The molecule has 0 atom stereocenters. The maximum Gasteiger partial charge on any atom is 0.220 e. The monoisotopic (exact) mass is 296 g/mol. The molecule has 1 aromatic carbocycles. The molecule has 2 aromatic rings. The first-order valence-corrected chi connectivity index (χ1v) is 7.99. The summed E-state index contributed by atoms with van der Waals surface area (Å²) in [5.41, 5.74) is 2.26. The van der Waals surface area contributed by atoms with Gasteiger partial charge < -0.3 is 10.3 Å². The zero-order valence-corrected chi connectivity index (χ0v) is 12.4. The van der Waals surface area contributed by atoms with E-state index in [0.717, 1.165) is 28.1 Å². The van der Waals surface area contributed by atoms with Crippen molar-refractivity contribution in [2.45, 2.75) is 12.8 Å². The van der Waals surface area contributed by atoms with Gasteiger partial charge >= 0.3 is 0 Å². The van der Waals surface area contributed by atoms with Crippen LogP contribution >= 0.6 is 23.4 Å². The van der Waals surface area contributed by atoms with Crippen LogP contribution in [0.2, 0.25) is 5.02 Å². The zero-order chi connectivity index (χ0) is 13.7. The molecule has 0 saturated carbocycles. The maximum absolute atomic E-state index is 11.5. The summed E-state index contributed by atoms with van der Waals surface area (Å²) in [6.45, 7) is 0.659. The summed E-state index contributed by atoms with van der Waals surface area (Å²) >= 11 is 7.69. The molecule has 1 heterocycles. The number of halogens is 1. The summed E-state index contributed by atoms with van der Waals surface area (Å²) in [4.78, 5) is 14.7. The van der Waals surface area contributed by atoms with E-state index in [0.29, 0.717) is 13.0 Å². The van der Waals surface area contributed by atoms with Crippen LogP contribution in [-0.2, 0) is 11.2 Å². The van der Waals surface area contributed by atoms with E-state index in [-0.39, 0.29) is 5.91 Å². The summed E-state index contributed by atoms with van der Waals surface area (Å²) in [6.07, 6.45) is 5.38. The standard InChI is InChI=1S/C14H17ClN2OS/c1-19-7-5-14(18)16-6-4-10-9-17-13-3-2-11(15)8-12(10)13/h2-3,8-9,17H,4-7H2,1H3,(H,16,18). The van der Waals surface area contributed by atoms with Gasteiger partial charge in [0.05, 0.1) is 0 Å². The van der Waals surface area contributed by atoms with Crippen LogP contribution in [0.3, 0.4) is 0 Å². The van der Waals surface area contributed by atoms with Crippen LogP contribution in [0.1, 0.15) is 12.0 Å². The molecule has 2 N–H and O–H groups in total. The average Bonchev–Trinajstić information content (AvgIpc) is 2.79. The number of hydrogen-bond acceptors (Lipinski definition) is 2. The second kappa shape index (κ2) is 6.87. The number of aromatic amines is 1. The quantitative estimate of drug-likeness (QED) is 0.859. The van der Waals surface area contributed by atoms with Gasteiger partial charge in [-0.05, 0) is 36.4 Å². The van der Waals surface area contributed by atoms with E-state index in [1.165, 1.54) is 5.56 Å². The number of carbonyl (C=O) groups is 1. The number of thioether (sulfide) groups is 1. The summed E-state index contributed by atoms with van der Waals surface area (Å²) < 4.78 is 0. The molecule has 0 radical (unpaired) electrons. The van der Waals surface area contributed by atoms with Gasteiger partial charge in [-0.3, -0.25) is 4.79 Å². The Kier molecular flexibility index (Phi) is 5.16. The van der Waals surface area contributed by atoms with E-state index in [4.69, 9.17) is 11.6 Å². The van der Waals surface area contributed by atoms with Crippen molar-refractivity contribution in [3.05, 3.63) is 35.0 Å². The van der Waals surface area contributed by atoms with Crippen LogP contribution < -0.4 is 5.32 Å². The number of hydrogen-bond donors (Lipinski definition) is 2. The Labute approximate surface area is 122 Å². The molecule has 0 fully saturated rings. The molecular formula is C14H17ClN2OS. The Morgan fingerprint density at radius 2 is 2.32 bits per heavy atom. The Morgan fingerprint density at radius 1 is 1.47 bits per heavy atom. The fourth-order valence-corrected chi connectivity index (χ4v) is 2.54. The Hall–Kier alpha value is -1.13. The fourth-order valence-electron chi connectivity index (χ4n) is 1.98. The van der Waals surface area contributed by atoms with E-state index in [1.807, 2.05) is 30.7 Å². The third-order valence-electron chi connectivity index (χ3n) is 2.98. The fraction of sp³-hybridized carbons (Fsp3) is 0.357. The largest absolute Gasteiger partial charge is 0.361 e. The lowest BCUT2D eigenvalue weighted by atomic mass is 10.1. The second-order valence-electron chi connectivity index (χ2n) is 4.35. The van der Waals surface area contributed by atoms with Crippen molar-refractivity contribution < 1.29 is 4.79 Å². The number of benzene rings is 1. The van der Waals surface area contributed by atoms with Crippen molar-refractivity contribution in [1.82, 2.24) is 10.3 Å². The van der Waals surface area contributed by atoms with Crippen LogP contribution in [0.15, 0.2) is 24.4 Å². The highest BCUT2D eigenvalue weighted by Gasteiger charge is 2.05. The first kappa shape index (κ1) is 14.3. The Morgan fingerprint density at radius 3 is 3.11 bits per heavy atom. The molecular weight excluding hydrogens is 280 g/mol. The van der Waals surface area contributed by atoms with Gasteiger partial charge in [-0.1, -0.05) is 11.6 Å². The molecule has 1 aromatic heterocycles. The van der Waals surface area contributed by atoms with Crippen molar-refractivity contribution in [2.75, 3.05) is 18.6 Å². The minimum Gasteiger partial charge on any atom is -0.361 e. The molecule has 0 aliphatic heterocycles. The number of carbonyl (C=O) groups excluding carboxylic acids is 1. The molecule has 5 heteroatoms. The topological polar surface area (TPSA) is 44.9 Å². The van der Waals surface area contributed by atoms with Gasteiger partial charge in [0.2, 0.25) is 5.91 Å². The normalized spacial score (nSPS) is 10.8. The summed E-state index contributed by atoms with van der Waals surface area (Å²) in [5.74, 6) is 0.987. The first-order chi connectivity index (χ1) is 9.20. The highest BCUT2D eigenvalue weighted by atomic mass is 35.5. The second-order valence-corrected chi connectivity index (χ2v) is 5.77. The third kappa shape index (κ3) is 3.91. The van der Waals surface area contributed by atoms with Crippen molar-refractivity contribution >= 4 is 40.2 Å². The number of H-pyrrole nitrogens is 1. The van der Waals surface area contributed by atoms with Crippen molar-refractivity contribution in [2.24, 2.45) is 0 Å². The van der Waals surface area contributed by atoms with Gasteiger partial charge in [0.25, 0.3) is 0 Å². The minimum atomic E-state index is 0.118. The molecule has 0 aliphatic rings. The van der Waals surface area contributed by atoms with E-state index in [1.54, 1.807) is 11.8 Å². The lowest BCUT2D eigenvalue weighted by molar-refractivity contribution is -0.120. The van der Waals surface area contributed by atoms with Crippen LogP contribution in [-0.4, -0.2) is 29.4 Å². The molecule has 1 amide bonds. The SMILES string of the molecule is CSCCC(=O)NCCc1c[nH]c2ccc(Cl)cc12.